The third-order valence-corrected chi connectivity index (χ3v) is 3.61. The smallest absolute Gasteiger partial charge is 0.0860 e. The van der Waals surface area contributed by atoms with Gasteiger partial charge in [-0.3, -0.25) is 4.68 Å². The lowest BCUT2D eigenvalue weighted by Gasteiger charge is -2.28. The third kappa shape index (κ3) is 4.08. The van der Waals surface area contributed by atoms with E-state index in [4.69, 9.17) is 0 Å². The van der Waals surface area contributed by atoms with Crippen molar-refractivity contribution in [1.29, 1.82) is 0 Å². The predicted octanol–water partition coefficient (Wildman–Crippen LogP) is 0.385. The first-order chi connectivity index (χ1) is 8.75. The summed E-state index contributed by atoms with van der Waals surface area (Å²) in [7, 11) is 0. The molecular weight excluding hydrogens is 230 g/mol. The molecule has 1 saturated carbocycles. The second kappa shape index (κ2) is 6.87. The number of aliphatic hydroxyl groups is 2. The minimum atomic E-state index is -0.439. The Morgan fingerprint density at radius 2 is 2.22 bits per heavy atom. The second-order valence-corrected chi connectivity index (χ2v) is 5.15. The van der Waals surface area contributed by atoms with E-state index >= 15 is 0 Å². The number of hydrogen-bond acceptors (Lipinski definition) is 4. The Hall–Kier alpha value is -0.910. The Balaban J connectivity index is 1.62. The van der Waals surface area contributed by atoms with E-state index < -0.39 is 6.10 Å². The van der Waals surface area contributed by atoms with Crippen LogP contribution in [0.4, 0.5) is 0 Å². The van der Waals surface area contributed by atoms with Gasteiger partial charge in [-0.2, -0.15) is 5.10 Å². The van der Waals surface area contributed by atoms with Crippen molar-refractivity contribution in [2.24, 2.45) is 5.92 Å². The standard InChI is InChI=1S/C13H23N3O2/c17-12(10-16-7-3-6-15-16)9-14-8-11-4-1-2-5-13(11)18/h3,6-7,11-14,17-18H,1-2,4-5,8-10H2. The summed E-state index contributed by atoms with van der Waals surface area (Å²) >= 11 is 0. The maximum atomic E-state index is 9.83. The zero-order valence-electron chi connectivity index (χ0n) is 10.7. The van der Waals surface area contributed by atoms with Crippen molar-refractivity contribution in [3.63, 3.8) is 0 Å². The number of nitrogens with one attached hydrogen (secondary N) is 1. The molecule has 1 aromatic heterocycles. The molecular formula is C13H23N3O2. The van der Waals surface area contributed by atoms with E-state index in [9.17, 15) is 10.2 Å². The Morgan fingerprint density at radius 3 is 2.94 bits per heavy atom. The van der Waals surface area contributed by atoms with Crippen LogP contribution in [0.15, 0.2) is 18.5 Å². The molecule has 0 saturated heterocycles. The molecule has 0 radical (unpaired) electrons. The van der Waals surface area contributed by atoms with Crippen LogP contribution in [0.5, 0.6) is 0 Å². The van der Waals surface area contributed by atoms with Crippen molar-refractivity contribution in [3.05, 3.63) is 18.5 Å². The third-order valence-electron chi connectivity index (χ3n) is 3.61. The van der Waals surface area contributed by atoms with Gasteiger partial charge in [-0.15, -0.1) is 0 Å². The van der Waals surface area contributed by atoms with Gasteiger partial charge in [0.25, 0.3) is 0 Å². The second-order valence-electron chi connectivity index (χ2n) is 5.15. The van der Waals surface area contributed by atoms with Crippen LogP contribution < -0.4 is 5.32 Å². The van der Waals surface area contributed by atoms with Crippen molar-refractivity contribution in [2.45, 2.75) is 44.4 Å². The fourth-order valence-electron chi connectivity index (χ4n) is 2.55. The van der Waals surface area contributed by atoms with Gasteiger partial charge in [-0.25, -0.2) is 0 Å². The Kier molecular flexibility index (Phi) is 5.16. The average molecular weight is 253 g/mol. The van der Waals surface area contributed by atoms with Crippen LogP contribution in [0.3, 0.4) is 0 Å². The summed E-state index contributed by atoms with van der Waals surface area (Å²) in [5.41, 5.74) is 0. The molecule has 0 aliphatic heterocycles. The Morgan fingerprint density at radius 1 is 1.39 bits per heavy atom. The molecule has 0 bridgehead atoms. The number of rotatable bonds is 6. The van der Waals surface area contributed by atoms with Gasteiger partial charge in [0.1, 0.15) is 0 Å². The molecule has 1 heterocycles. The quantitative estimate of drug-likeness (QED) is 0.686. The molecule has 0 spiro atoms. The maximum absolute atomic E-state index is 9.83. The zero-order valence-corrected chi connectivity index (χ0v) is 10.7. The molecule has 3 N–H and O–H groups in total. The summed E-state index contributed by atoms with van der Waals surface area (Å²) in [6, 6.07) is 1.85. The van der Waals surface area contributed by atoms with Gasteiger partial charge in [-0.1, -0.05) is 12.8 Å². The highest BCUT2D eigenvalue weighted by atomic mass is 16.3. The van der Waals surface area contributed by atoms with Crippen LogP contribution >= 0.6 is 0 Å². The van der Waals surface area contributed by atoms with Crippen molar-refractivity contribution in [2.75, 3.05) is 13.1 Å². The van der Waals surface area contributed by atoms with Crippen LogP contribution in [0, 0.1) is 5.92 Å². The highest BCUT2D eigenvalue weighted by molar-refractivity contribution is 4.79. The zero-order chi connectivity index (χ0) is 12.8. The lowest BCUT2D eigenvalue weighted by Crippen LogP contribution is -2.38. The molecule has 1 aliphatic rings. The summed E-state index contributed by atoms with van der Waals surface area (Å²) in [4.78, 5) is 0. The predicted molar refractivity (Wildman–Crippen MR) is 69.1 cm³/mol. The fraction of sp³-hybridized carbons (Fsp3) is 0.769. The van der Waals surface area contributed by atoms with Crippen LogP contribution in [0.1, 0.15) is 25.7 Å². The molecule has 5 nitrogen and oxygen atoms in total. The van der Waals surface area contributed by atoms with E-state index in [0.717, 1.165) is 25.8 Å². The molecule has 5 heteroatoms. The van der Waals surface area contributed by atoms with E-state index in [1.54, 1.807) is 10.9 Å². The van der Waals surface area contributed by atoms with Crippen LogP contribution in [0.25, 0.3) is 0 Å². The summed E-state index contributed by atoms with van der Waals surface area (Å²) in [5, 5.41) is 27.0. The van der Waals surface area contributed by atoms with Gasteiger partial charge in [0, 0.05) is 25.5 Å². The van der Waals surface area contributed by atoms with Gasteiger partial charge in [0.05, 0.1) is 18.8 Å². The van der Waals surface area contributed by atoms with Gasteiger partial charge in [0.15, 0.2) is 0 Å². The topological polar surface area (TPSA) is 70.3 Å². The molecule has 3 unspecified atom stereocenters. The van der Waals surface area contributed by atoms with Crippen LogP contribution in [-0.4, -0.2) is 45.3 Å². The molecule has 18 heavy (non-hydrogen) atoms. The Bertz CT molecular complexity index is 329. The average Bonchev–Trinajstić information content (AvgIpc) is 2.84. The lowest BCUT2D eigenvalue weighted by molar-refractivity contribution is 0.0660. The maximum Gasteiger partial charge on any atom is 0.0860 e. The number of hydrogen-bond donors (Lipinski definition) is 3. The van der Waals surface area contributed by atoms with Gasteiger partial charge in [0.2, 0.25) is 0 Å². The SMILES string of the molecule is OC(CNCC1CCCCC1O)Cn1cccn1. The van der Waals surface area contributed by atoms with E-state index in [1.165, 1.54) is 6.42 Å². The number of aromatic nitrogens is 2. The van der Waals surface area contributed by atoms with E-state index in [2.05, 4.69) is 10.4 Å². The van der Waals surface area contributed by atoms with E-state index in [1.807, 2.05) is 12.3 Å². The first kappa shape index (κ1) is 13.5. The summed E-state index contributed by atoms with van der Waals surface area (Å²) in [5.74, 6) is 0.343. The first-order valence-electron chi connectivity index (χ1n) is 6.80. The normalized spacial score (nSPS) is 26.1. The van der Waals surface area contributed by atoms with E-state index in [-0.39, 0.29) is 6.10 Å². The molecule has 0 aromatic carbocycles. The number of nitrogens with zero attached hydrogens (tertiary/aromatic N) is 2. The van der Waals surface area contributed by atoms with E-state index in [0.29, 0.717) is 19.0 Å². The molecule has 3 atom stereocenters. The van der Waals surface area contributed by atoms with Crippen molar-refractivity contribution >= 4 is 0 Å². The molecule has 1 aromatic rings. The summed E-state index contributed by atoms with van der Waals surface area (Å²) in [6.45, 7) is 1.84. The molecule has 2 rings (SSSR count). The fourth-order valence-corrected chi connectivity index (χ4v) is 2.55. The van der Waals surface area contributed by atoms with Gasteiger partial charge in [-0.05, 0) is 24.8 Å². The minimum Gasteiger partial charge on any atom is -0.393 e. The van der Waals surface area contributed by atoms with Crippen molar-refractivity contribution in [3.8, 4) is 0 Å². The largest absolute Gasteiger partial charge is 0.393 e. The summed E-state index contributed by atoms with van der Waals surface area (Å²) < 4.78 is 1.72. The molecule has 0 amide bonds. The van der Waals surface area contributed by atoms with Crippen molar-refractivity contribution in [1.82, 2.24) is 15.1 Å². The first-order valence-corrected chi connectivity index (χ1v) is 6.80. The minimum absolute atomic E-state index is 0.172. The monoisotopic (exact) mass is 253 g/mol. The van der Waals surface area contributed by atoms with Gasteiger partial charge >= 0.3 is 0 Å². The highest BCUT2D eigenvalue weighted by Gasteiger charge is 2.22. The highest BCUT2D eigenvalue weighted by Crippen LogP contribution is 2.23. The van der Waals surface area contributed by atoms with Crippen LogP contribution in [0.2, 0.25) is 0 Å². The lowest BCUT2D eigenvalue weighted by atomic mass is 9.86. The van der Waals surface area contributed by atoms with Crippen LogP contribution in [-0.2, 0) is 6.54 Å². The van der Waals surface area contributed by atoms with Gasteiger partial charge < -0.3 is 15.5 Å². The molecule has 1 fully saturated rings. The molecule has 102 valence electrons. The summed E-state index contributed by atoms with van der Waals surface area (Å²) in [6.07, 6.45) is 7.29. The molecule has 1 aliphatic carbocycles. The number of aliphatic hydroxyl groups excluding tert-OH is 2. The Labute approximate surface area is 108 Å². The van der Waals surface area contributed by atoms with Crippen molar-refractivity contribution < 1.29 is 10.2 Å².